The molecule has 1 rings (SSSR count). The van der Waals surface area contributed by atoms with E-state index in [1.807, 2.05) is 13.8 Å². The van der Waals surface area contributed by atoms with Gasteiger partial charge >= 0.3 is 0 Å². The SMILES string of the molecule is CC(C)C(CN)C(=O)N(C)c1ccc(F)cc1F. The lowest BCUT2D eigenvalue weighted by molar-refractivity contribution is -0.123. The summed E-state index contributed by atoms with van der Waals surface area (Å²) in [6, 6.07) is 3.12. The number of nitrogens with zero attached hydrogens (tertiary/aromatic N) is 1. The number of hydrogen-bond donors (Lipinski definition) is 1. The molecule has 0 heterocycles. The van der Waals surface area contributed by atoms with Crippen molar-refractivity contribution in [2.24, 2.45) is 17.6 Å². The highest BCUT2D eigenvalue weighted by atomic mass is 19.1. The molecule has 0 aliphatic carbocycles. The van der Waals surface area contributed by atoms with Crippen molar-refractivity contribution in [2.45, 2.75) is 13.8 Å². The molecule has 1 unspecified atom stereocenters. The maximum Gasteiger partial charge on any atom is 0.231 e. The van der Waals surface area contributed by atoms with Crippen molar-refractivity contribution < 1.29 is 13.6 Å². The van der Waals surface area contributed by atoms with E-state index in [4.69, 9.17) is 5.73 Å². The van der Waals surface area contributed by atoms with Gasteiger partial charge in [-0.15, -0.1) is 0 Å². The van der Waals surface area contributed by atoms with Gasteiger partial charge in [0.2, 0.25) is 5.91 Å². The highest BCUT2D eigenvalue weighted by Gasteiger charge is 2.25. The van der Waals surface area contributed by atoms with Crippen LogP contribution in [0.4, 0.5) is 14.5 Å². The second-order valence-electron chi connectivity index (χ2n) is 4.58. The molecule has 0 bridgehead atoms. The summed E-state index contributed by atoms with van der Waals surface area (Å²) in [7, 11) is 1.46. The third-order valence-electron chi connectivity index (χ3n) is 2.98. The Morgan fingerprint density at radius 1 is 1.39 bits per heavy atom. The zero-order valence-corrected chi connectivity index (χ0v) is 10.8. The van der Waals surface area contributed by atoms with Crippen LogP contribution in [0, 0.1) is 23.5 Å². The average Bonchev–Trinajstić information content (AvgIpc) is 2.28. The Morgan fingerprint density at radius 3 is 2.44 bits per heavy atom. The first kappa shape index (κ1) is 14.6. The lowest BCUT2D eigenvalue weighted by Crippen LogP contribution is -2.39. The van der Waals surface area contributed by atoms with E-state index in [1.54, 1.807) is 0 Å². The zero-order valence-electron chi connectivity index (χ0n) is 10.8. The van der Waals surface area contributed by atoms with Crippen LogP contribution in [-0.4, -0.2) is 19.5 Å². The summed E-state index contributed by atoms with van der Waals surface area (Å²) < 4.78 is 26.4. The van der Waals surface area contributed by atoms with Crippen LogP contribution in [0.5, 0.6) is 0 Å². The third kappa shape index (κ3) is 3.04. The first-order valence-electron chi connectivity index (χ1n) is 5.81. The van der Waals surface area contributed by atoms with Crippen LogP contribution in [0.1, 0.15) is 13.8 Å². The van der Waals surface area contributed by atoms with E-state index in [-0.39, 0.29) is 30.0 Å². The maximum atomic E-state index is 13.6. The second kappa shape index (κ2) is 5.91. The number of amides is 1. The molecule has 1 atom stereocenters. The lowest BCUT2D eigenvalue weighted by Gasteiger charge is -2.25. The number of carbonyl (C=O) groups is 1. The first-order valence-corrected chi connectivity index (χ1v) is 5.81. The van der Waals surface area contributed by atoms with Crippen LogP contribution in [0.25, 0.3) is 0 Å². The van der Waals surface area contributed by atoms with Crippen LogP contribution in [0.15, 0.2) is 18.2 Å². The molecule has 1 amide bonds. The minimum atomic E-state index is -0.759. The van der Waals surface area contributed by atoms with E-state index in [9.17, 15) is 13.6 Å². The van der Waals surface area contributed by atoms with Crippen LogP contribution in [0.2, 0.25) is 0 Å². The van der Waals surface area contributed by atoms with Crippen LogP contribution in [-0.2, 0) is 4.79 Å². The monoisotopic (exact) mass is 256 g/mol. The Hall–Kier alpha value is -1.49. The van der Waals surface area contributed by atoms with E-state index in [0.717, 1.165) is 12.1 Å². The Labute approximate surface area is 106 Å². The van der Waals surface area contributed by atoms with Gasteiger partial charge in [-0.1, -0.05) is 13.8 Å². The number of hydrogen-bond acceptors (Lipinski definition) is 2. The summed E-state index contributed by atoms with van der Waals surface area (Å²) in [5, 5.41) is 0. The van der Waals surface area contributed by atoms with Gasteiger partial charge in [-0.2, -0.15) is 0 Å². The summed E-state index contributed by atoms with van der Waals surface area (Å²) in [5.74, 6) is -2.01. The van der Waals surface area contributed by atoms with Crippen molar-refractivity contribution >= 4 is 11.6 Å². The van der Waals surface area contributed by atoms with Gasteiger partial charge in [0.1, 0.15) is 11.6 Å². The van der Waals surface area contributed by atoms with Gasteiger partial charge in [-0.05, 0) is 18.1 Å². The minimum absolute atomic E-state index is 0.0560. The summed E-state index contributed by atoms with van der Waals surface area (Å²) in [4.78, 5) is 13.3. The van der Waals surface area contributed by atoms with Gasteiger partial charge in [0.15, 0.2) is 0 Å². The molecule has 2 N–H and O–H groups in total. The average molecular weight is 256 g/mol. The smallest absolute Gasteiger partial charge is 0.231 e. The number of carbonyl (C=O) groups excluding carboxylic acids is 1. The zero-order chi connectivity index (χ0) is 13.9. The normalized spacial score (nSPS) is 12.6. The summed E-state index contributed by atoms with van der Waals surface area (Å²) >= 11 is 0. The van der Waals surface area contributed by atoms with Gasteiger partial charge < -0.3 is 10.6 Å². The third-order valence-corrected chi connectivity index (χ3v) is 2.98. The number of benzene rings is 1. The molecule has 0 saturated carbocycles. The molecule has 0 aliphatic heterocycles. The number of anilines is 1. The number of rotatable bonds is 4. The fourth-order valence-corrected chi connectivity index (χ4v) is 1.78. The van der Waals surface area contributed by atoms with Gasteiger partial charge in [0, 0.05) is 19.7 Å². The van der Waals surface area contributed by atoms with Gasteiger partial charge in [-0.3, -0.25) is 4.79 Å². The largest absolute Gasteiger partial charge is 0.330 e. The Morgan fingerprint density at radius 2 is 2.00 bits per heavy atom. The highest BCUT2D eigenvalue weighted by Crippen LogP contribution is 2.22. The predicted octanol–water partition coefficient (Wildman–Crippen LogP) is 2.16. The van der Waals surface area contributed by atoms with Crippen molar-refractivity contribution in [3.63, 3.8) is 0 Å². The maximum absolute atomic E-state index is 13.6. The molecular formula is C13H18F2N2O. The molecule has 0 fully saturated rings. The van der Waals surface area contributed by atoms with E-state index in [0.29, 0.717) is 0 Å². The molecule has 0 saturated heterocycles. The summed E-state index contributed by atoms with van der Waals surface area (Å²) in [6.45, 7) is 3.96. The number of halogens is 2. The van der Waals surface area contributed by atoms with E-state index in [2.05, 4.69) is 0 Å². The molecule has 0 radical (unpaired) electrons. The Balaban J connectivity index is 2.99. The van der Waals surface area contributed by atoms with E-state index >= 15 is 0 Å². The molecule has 1 aromatic rings. The van der Waals surface area contributed by atoms with Gasteiger partial charge in [0.05, 0.1) is 11.6 Å². The van der Waals surface area contributed by atoms with Crippen LogP contribution < -0.4 is 10.6 Å². The van der Waals surface area contributed by atoms with Gasteiger partial charge in [-0.25, -0.2) is 8.78 Å². The van der Waals surface area contributed by atoms with Crippen molar-refractivity contribution in [3.05, 3.63) is 29.8 Å². The molecule has 5 heteroatoms. The molecule has 1 aromatic carbocycles. The first-order chi connectivity index (χ1) is 8.38. The van der Waals surface area contributed by atoms with Gasteiger partial charge in [0.25, 0.3) is 0 Å². The van der Waals surface area contributed by atoms with E-state index < -0.39 is 11.6 Å². The molecule has 18 heavy (non-hydrogen) atoms. The lowest BCUT2D eigenvalue weighted by atomic mass is 9.94. The van der Waals surface area contributed by atoms with Crippen molar-refractivity contribution in [1.29, 1.82) is 0 Å². The molecular weight excluding hydrogens is 238 g/mol. The fourth-order valence-electron chi connectivity index (χ4n) is 1.78. The summed E-state index contributed by atoms with van der Waals surface area (Å²) in [6.07, 6.45) is 0. The second-order valence-corrected chi connectivity index (χ2v) is 4.58. The minimum Gasteiger partial charge on any atom is -0.330 e. The predicted molar refractivity (Wildman–Crippen MR) is 67.2 cm³/mol. The van der Waals surface area contributed by atoms with Crippen molar-refractivity contribution in [3.8, 4) is 0 Å². The molecule has 0 spiro atoms. The Kier molecular flexibility index (Phi) is 4.78. The Bertz CT molecular complexity index is 435. The topological polar surface area (TPSA) is 46.3 Å². The molecule has 3 nitrogen and oxygen atoms in total. The fraction of sp³-hybridized carbons (Fsp3) is 0.462. The highest BCUT2D eigenvalue weighted by molar-refractivity contribution is 5.94. The van der Waals surface area contributed by atoms with E-state index in [1.165, 1.54) is 18.0 Å². The quantitative estimate of drug-likeness (QED) is 0.897. The molecule has 100 valence electrons. The number of nitrogens with two attached hydrogens (primary N) is 1. The van der Waals surface area contributed by atoms with Crippen LogP contribution >= 0.6 is 0 Å². The van der Waals surface area contributed by atoms with Crippen molar-refractivity contribution in [1.82, 2.24) is 0 Å². The standard InChI is InChI=1S/C13H18F2N2O/c1-8(2)10(7-16)13(18)17(3)12-5-4-9(14)6-11(12)15/h4-6,8,10H,7,16H2,1-3H3. The van der Waals surface area contributed by atoms with Crippen LogP contribution in [0.3, 0.4) is 0 Å². The molecule has 0 aromatic heterocycles. The molecule has 0 aliphatic rings. The van der Waals surface area contributed by atoms with Crippen molar-refractivity contribution in [2.75, 3.05) is 18.5 Å². The summed E-state index contributed by atoms with van der Waals surface area (Å²) in [5.41, 5.74) is 5.61.